The quantitative estimate of drug-likeness (QED) is 0.154. The molecule has 0 bridgehead atoms. The Balaban J connectivity index is 1.65. The van der Waals surface area contributed by atoms with E-state index >= 15 is 0 Å². The zero-order chi connectivity index (χ0) is 25.1. The van der Waals surface area contributed by atoms with E-state index in [2.05, 4.69) is 18.1 Å². The van der Waals surface area contributed by atoms with E-state index in [1.54, 1.807) is 18.2 Å². The highest BCUT2D eigenvalue weighted by Gasteiger charge is 2.49. The lowest BCUT2D eigenvalue weighted by Crippen LogP contribution is -2.42. The molecule has 34 heavy (non-hydrogen) atoms. The normalized spacial score (nSPS) is 27.2. The standard InChI is InChI=1S/C26H39F3N4O/c1-24(2,34)26(28,29)16-7-9-19-12-13-21-18(8-6-15-25(19,21)3)14-17-33(31)23(32-30)20-10-4-5-11-22(20)27/h4-5,10-11,14,19,21,34H,6-9,12-13,15-17,30-31H2,1-3H3/b18-14+,32-23-. The van der Waals surface area contributed by atoms with Gasteiger partial charge >= 0.3 is 0 Å². The van der Waals surface area contributed by atoms with Gasteiger partial charge in [-0.05, 0) is 88.2 Å². The molecule has 2 fully saturated rings. The fourth-order valence-electron chi connectivity index (χ4n) is 5.98. The number of nitrogens with zero attached hydrogens (tertiary/aromatic N) is 2. The van der Waals surface area contributed by atoms with Crippen LogP contribution in [0.2, 0.25) is 0 Å². The maximum absolute atomic E-state index is 14.2. The Morgan fingerprint density at radius 2 is 2.00 bits per heavy atom. The first kappa shape index (κ1) is 26.5. The molecule has 2 aliphatic rings. The smallest absolute Gasteiger partial charge is 0.275 e. The van der Waals surface area contributed by atoms with Crippen molar-refractivity contribution in [2.45, 2.75) is 83.7 Å². The number of aliphatic hydroxyl groups is 1. The molecule has 190 valence electrons. The zero-order valence-electron chi connectivity index (χ0n) is 20.5. The summed E-state index contributed by atoms with van der Waals surface area (Å²) in [5, 5.41) is 14.8. The molecule has 0 amide bonds. The molecule has 3 unspecified atom stereocenters. The Hall–Kier alpha value is -2.06. The van der Waals surface area contributed by atoms with E-state index in [0.717, 1.165) is 38.5 Å². The minimum Gasteiger partial charge on any atom is -0.384 e. The SMILES string of the molecule is CC12CCC/C(=C\CN(N)/C(=N\N)c3ccccc3F)C1CCC2CCCC(F)(F)C(C)(C)O. The van der Waals surface area contributed by atoms with Crippen LogP contribution in [-0.4, -0.2) is 34.0 Å². The molecule has 0 heterocycles. The lowest BCUT2D eigenvalue weighted by atomic mass is 9.62. The van der Waals surface area contributed by atoms with Gasteiger partial charge in [0.15, 0.2) is 5.84 Å². The molecule has 0 radical (unpaired) electrons. The predicted molar refractivity (Wildman–Crippen MR) is 129 cm³/mol. The third kappa shape index (κ3) is 5.43. The van der Waals surface area contributed by atoms with Crippen molar-refractivity contribution in [2.75, 3.05) is 6.54 Å². The number of allylic oxidation sites excluding steroid dienone is 1. The number of rotatable bonds is 8. The molecule has 3 rings (SSSR count). The number of alkyl halides is 2. The van der Waals surface area contributed by atoms with E-state index in [1.807, 2.05) is 0 Å². The number of benzene rings is 1. The third-order valence-corrected chi connectivity index (χ3v) is 8.16. The summed E-state index contributed by atoms with van der Waals surface area (Å²) in [6.45, 7) is 5.00. The van der Waals surface area contributed by atoms with E-state index in [4.69, 9.17) is 11.7 Å². The number of hydrazine groups is 1. The summed E-state index contributed by atoms with van der Waals surface area (Å²) in [5.74, 6) is 9.16. The van der Waals surface area contributed by atoms with Crippen molar-refractivity contribution in [3.05, 3.63) is 47.3 Å². The highest BCUT2D eigenvalue weighted by Crippen LogP contribution is 2.58. The summed E-state index contributed by atoms with van der Waals surface area (Å²) in [7, 11) is 0. The topological polar surface area (TPSA) is 87.9 Å². The predicted octanol–water partition coefficient (Wildman–Crippen LogP) is 5.34. The number of hydrogen-bond acceptors (Lipinski definition) is 4. The van der Waals surface area contributed by atoms with Gasteiger partial charge in [-0.25, -0.2) is 19.0 Å². The van der Waals surface area contributed by atoms with Gasteiger partial charge in [-0.1, -0.05) is 30.7 Å². The highest BCUT2D eigenvalue weighted by atomic mass is 19.3. The first-order valence-electron chi connectivity index (χ1n) is 12.2. The van der Waals surface area contributed by atoms with Crippen LogP contribution in [0, 0.1) is 23.1 Å². The molecule has 0 spiro atoms. The molecule has 1 aromatic rings. The van der Waals surface area contributed by atoms with Crippen molar-refractivity contribution in [1.29, 1.82) is 0 Å². The van der Waals surface area contributed by atoms with E-state index in [0.29, 0.717) is 24.8 Å². The summed E-state index contributed by atoms with van der Waals surface area (Å²) in [6.07, 6.45) is 8.11. The molecule has 0 saturated heterocycles. The number of nitrogens with two attached hydrogens (primary N) is 2. The van der Waals surface area contributed by atoms with Gasteiger partial charge in [0.05, 0.1) is 12.1 Å². The van der Waals surface area contributed by atoms with Crippen molar-refractivity contribution < 1.29 is 18.3 Å². The monoisotopic (exact) mass is 480 g/mol. The first-order chi connectivity index (χ1) is 15.9. The molecule has 2 aliphatic carbocycles. The second-order valence-corrected chi connectivity index (χ2v) is 10.7. The van der Waals surface area contributed by atoms with E-state index in [-0.39, 0.29) is 23.2 Å². The number of halogens is 3. The van der Waals surface area contributed by atoms with Crippen LogP contribution >= 0.6 is 0 Å². The molecule has 0 aromatic heterocycles. The van der Waals surface area contributed by atoms with Crippen molar-refractivity contribution >= 4 is 5.84 Å². The van der Waals surface area contributed by atoms with Gasteiger partial charge in [0.2, 0.25) is 0 Å². The molecule has 8 heteroatoms. The summed E-state index contributed by atoms with van der Waals surface area (Å²) in [4.78, 5) is 0. The van der Waals surface area contributed by atoms with Crippen LogP contribution in [0.25, 0.3) is 0 Å². The average molecular weight is 481 g/mol. The second kappa shape index (κ2) is 10.3. The lowest BCUT2D eigenvalue weighted by Gasteiger charge is -2.43. The van der Waals surface area contributed by atoms with Crippen molar-refractivity contribution in [3.63, 3.8) is 0 Å². The summed E-state index contributed by atoms with van der Waals surface area (Å²) < 4.78 is 42.6. The fourth-order valence-corrected chi connectivity index (χ4v) is 5.98. The van der Waals surface area contributed by atoms with E-state index < -0.39 is 17.3 Å². The third-order valence-electron chi connectivity index (χ3n) is 8.16. The molecule has 1 aromatic carbocycles. The Bertz CT molecular complexity index is 912. The van der Waals surface area contributed by atoms with Crippen molar-refractivity contribution in [3.8, 4) is 0 Å². The Kier molecular flexibility index (Phi) is 8.03. The van der Waals surface area contributed by atoms with Crippen molar-refractivity contribution in [2.24, 2.45) is 34.0 Å². The number of hydrazone groups is 1. The minimum atomic E-state index is -3.09. The maximum Gasteiger partial charge on any atom is 0.275 e. The van der Waals surface area contributed by atoms with Gasteiger partial charge in [0.1, 0.15) is 11.4 Å². The Labute approximate surface area is 201 Å². The fraction of sp³-hybridized carbons (Fsp3) is 0.654. The van der Waals surface area contributed by atoms with Gasteiger partial charge in [-0.2, -0.15) is 5.10 Å². The molecule has 5 nitrogen and oxygen atoms in total. The van der Waals surface area contributed by atoms with Crippen molar-refractivity contribution in [1.82, 2.24) is 5.01 Å². The molecule has 0 aliphatic heterocycles. The molecular weight excluding hydrogens is 441 g/mol. The van der Waals surface area contributed by atoms with Crippen LogP contribution < -0.4 is 11.7 Å². The summed E-state index contributed by atoms with van der Waals surface area (Å²) >= 11 is 0. The molecule has 3 atom stereocenters. The maximum atomic E-state index is 14.2. The van der Waals surface area contributed by atoms with Crippen LogP contribution in [0.1, 0.15) is 77.7 Å². The van der Waals surface area contributed by atoms with Crippen LogP contribution in [0.15, 0.2) is 41.0 Å². The summed E-state index contributed by atoms with van der Waals surface area (Å²) in [6, 6.07) is 6.24. The molecule has 2 saturated carbocycles. The minimum absolute atomic E-state index is 0.0733. The van der Waals surface area contributed by atoms with Crippen LogP contribution in [0.5, 0.6) is 0 Å². The van der Waals surface area contributed by atoms with Crippen LogP contribution in [0.4, 0.5) is 13.2 Å². The Morgan fingerprint density at radius 1 is 1.29 bits per heavy atom. The van der Waals surface area contributed by atoms with Gasteiger partial charge < -0.3 is 10.9 Å². The second-order valence-electron chi connectivity index (χ2n) is 10.7. The number of amidine groups is 1. The van der Waals surface area contributed by atoms with Gasteiger partial charge in [0.25, 0.3) is 5.92 Å². The largest absolute Gasteiger partial charge is 0.384 e. The van der Waals surface area contributed by atoms with E-state index in [9.17, 15) is 18.3 Å². The molecular formula is C26H39F3N4O. The van der Waals surface area contributed by atoms with Gasteiger partial charge in [-0.3, -0.25) is 5.01 Å². The van der Waals surface area contributed by atoms with Gasteiger partial charge in [-0.15, -0.1) is 0 Å². The van der Waals surface area contributed by atoms with Gasteiger partial charge in [0, 0.05) is 6.42 Å². The lowest BCUT2D eigenvalue weighted by molar-refractivity contribution is -0.166. The van der Waals surface area contributed by atoms with Crippen LogP contribution in [0.3, 0.4) is 0 Å². The first-order valence-corrected chi connectivity index (χ1v) is 12.2. The molecule has 5 N–H and O–H groups in total. The summed E-state index contributed by atoms with van der Waals surface area (Å²) in [5.41, 5.74) is -0.344. The average Bonchev–Trinajstić information content (AvgIpc) is 3.10. The highest BCUT2D eigenvalue weighted by molar-refractivity contribution is 5.98. The Morgan fingerprint density at radius 3 is 2.65 bits per heavy atom. The van der Waals surface area contributed by atoms with Crippen LogP contribution in [-0.2, 0) is 0 Å². The van der Waals surface area contributed by atoms with E-state index in [1.165, 1.54) is 30.5 Å². The number of hydrogen-bond donors (Lipinski definition) is 3. The zero-order valence-corrected chi connectivity index (χ0v) is 20.5. The number of fused-ring (bicyclic) bond motifs is 1.